The third-order valence-corrected chi connectivity index (χ3v) is 3.01. The van der Waals surface area contributed by atoms with Crippen LogP contribution in [0.2, 0.25) is 0 Å². The van der Waals surface area contributed by atoms with Gasteiger partial charge < -0.3 is 4.74 Å². The molecule has 0 atom stereocenters. The zero-order valence-electron chi connectivity index (χ0n) is 11.4. The fourth-order valence-corrected chi connectivity index (χ4v) is 1.90. The van der Waals surface area contributed by atoms with Crippen LogP contribution in [0.25, 0.3) is 6.08 Å². The molecule has 0 heterocycles. The molecule has 0 saturated heterocycles. The van der Waals surface area contributed by atoms with Crippen LogP contribution in [0.15, 0.2) is 48.5 Å². The number of ether oxygens (including phenoxy) is 1. The quantitative estimate of drug-likeness (QED) is 0.619. The number of carbonyl (C=O) groups excluding carboxylic acids is 1. The van der Waals surface area contributed by atoms with Crippen molar-refractivity contribution >= 4 is 11.9 Å². The zero-order chi connectivity index (χ0) is 14.5. The highest BCUT2D eigenvalue weighted by molar-refractivity contribution is 6.07. The molecule has 20 heavy (non-hydrogen) atoms. The number of hydrogen-bond donors (Lipinski definition) is 0. The fraction of sp³-hybridized carbons (Fsp3) is 0.118. The second-order valence-electron chi connectivity index (χ2n) is 4.41. The SMILES string of the molecule is COc1ccc(/C=C/C(=O)c2ccccc2C)cc1F. The first-order valence-corrected chi connectivity index (χ1v) is 6.23. The summed E-state index contributed by atoms with van der Waals surface area (Å²) in [6.45, 7) is 1.88. The molecule has 0 aromatic heterocycles. The van der Waals surface area contributed by atoms with Gasteiger partial charge in [-0.2, -0.15) is 0 Å². The van der Waals surface area contributed by atoms with Gasteiger partial charge in [0.25, 0.3) is 0 Å². The van der Waals surface area contributed by atoms with E-state index in [1.165, 1.54) is 25.3 Å². The van der Waals surface area contributed by atoms with E-state index in [0.29, 0.717) is 11.1 Å². The molecule has 2 nitrogen and oxygen atoms in total. The molecule has 0 aliphatic heterocycles. The number of allylic oxidation sites excluding steroid dienone is 1. The molecule has 2 aromatic rings. The van der Waals surface area contributed by atoms with Crippen LogP contribution < -0.4 is 4.74 Å². The van der Waals surface area contributed by atoms with Crippen molar-refractivity contribution in [2.45, 2.75) is 6.92 Å². The Morgan fingerprint density at radius 2 is 1.95 bits per heavy atom. The van der Waals surface area contributed by atoms with Crippen LogP contribution in [0.5, 0.6) is 5.75 Å². The lowest BCUT2D eigenvalue weighted by Gasteiger charge is -2.02. The molecule has 0 aliphatic rings. The minimum Gasteiger partial charge on any atom is -0.494 e. The largest absolute Gasteiger partial charge is 0.494 e. The topological polar surface area (TPSA) is 26.3 Å². The molecule has 0 N–H and O–H groups in total. The highest BCUT2D eigenvalue weighted by Gasteiger charge is 2.05. The van der Waals surface area contributed by atoms with Crippen molar-refractivity contribution in [3.63, 3.8) is 0 Å². The predicted molar refractivity (Wildman–Crippen MR) is 77.5 cm³/mol. The van der Waals surface area contributed by atoms with Crippen LogP contribution in [0, 0.1) is 12.7 Å². The van der Waals surface area contributed by atoms with Crippen molar-refractivity contribution in [2.24, 2.45) is 0 Å². The number of ketones is 1. The normalized spacial score (nSPS) is 10.8. The monoisotopic (exact) mass is 270 g/mol. The van der Waals surface area contributed by atoms with Gasteiger partial charge in [-0.25, -0.2) is 4.39 Å². The number of hydrogen-bond acceptors (Lipinski definition) is 2. The summed E-state index contributed by atoms with van der Waals surface area (Å²) in [5, 5.41) is 0. The highest BCUT2D eigenvalue weighted by atomic mass is 19.1. The van der Waals surface area contributed by atoms with Crippen molar-refractivity contribution < 1.29 is 13.9 Å². The first kappa shape index (κ1) is 14.0. The Morgan fingerprint density at radius 3 is 2.60 bits per heavy atom. The summed E-state index contributed by atoms with van der Waals surface area (Å²) in [6.07, 6.45) is 3.04. The number of aryl methyl sites for hydroxylation is 1. The highest BCUT2D eigenvalue weighted by Crippen LogP contribution is 2.18. The molecule has 0 unspecified atom stereocenters. The van der Waals surface area contributed by atoms with Gasteiger partial charge in [0.05, 0.1) is 7.11 Å². The van der Waals surface area contributed by atoms with Crippen molar-refractivity contribution in [2.75, 3.05) is 7.11 Å². The van der Waals surface area contributed by atoms with Crippen molar-refractivity contribution in [1.82, 2.24) is 0 Å². The van der Waals surface area contributed by atoms with E-state index in [2.05, 4.69) is 0 Å². The second-order valence-corrected chi connectivity index (χ2v) is 4.41. The molecule has 0 fully saturated rings. The molecular formula is C17H15FO2. The molecule has 0 saturated carbocycles. The lowest BCUT2D eigenvalue weighted by molar-refractivity contribution is 0.104. The molecule has 102 valence electrons. The van der Waals surface area contributed by atoms with Crippen molar-refractivity contribution in [3.05, 3.63) is 71.0 Å². The van der Waals surface area contributed by atoms with Gasteiger partial charge in [-0.15, -0.1) is 0 Å². The smallest absolute Gasteiger partial charge is 0.186 e. The predicted octanol–water partition coefficient (Wildman–Crippen LogP) is 4.04. The number of halogens is 1. The van der Waals surface area contributed by atoms with Crippen molar-refractivity contribution in [1.29, 1.82) is 0 Å². The van der Waals surface area contributed by atoms with Crippen LogP contribution in [0.3, 0.4) is 0 Å². The summed E-state index contributed by atoms with van der Waals surface area (Å²) in [5.74, 6) is -0.357. The summed E-state index contributed by atoms with van der Waals surface area (Å²) in [4.78, 5) is 12.0. The summed E-state index contributed by atoms with van der Waals surface area (Å²) in [7, 11) is 1.41. The van der Waals surface area contributed by atoms with Gasteiger partial charge in [0.1, 0.15) is 0 Å². The first-order chi connectivity index (χ1) is 9.61. The third kappa shape index (κ3) is 3.12. The minimum absolute atomic E-state index is 0.0978. The van der Waals surface area contributed by atoms with Crippen LogP contribution in [0.4, 0.5) is 4.39 Å². The number of methoxy groups -OCH3 is 1. The molecule has 3 heteroatoms. The average Bonchev–Trinajstić information content (AvgIpc) is 2.45. The Bertz CT molecular complexity index is 660. The Hall–Kier alpha value is -2.42. The van der Waals surface area contributed by atoms with E-state index >= 15 is 0 Å². The second kappa shape index (κ2) is 6.15. The van der Waals surface area contributed by atoms with Gasteiger partial charge in [-0.3, -0.25) is 4.79 Å². The maximum atomic E-state index is 13.5. The number of benzene rings is 2. The van der Waals surface area contributed by atoms with Gasteiger partial charge in [-0.05, 0) is 36.3 Å². The van der Waals surface area contributed by atoms with Crippen LogP contribution >= 0.6 is 0 Å². The third-order valence-electron chi connectivity index (χ3n) is 3.01. The maximum absolute atomic E-state index is 13.5. The summed E-state index contributed by atoms with van der Waals surface area (Å²) in [5.41, 5.74) is 2.19. The van der Waals surface area contributed by atoms with Crippen LogP contribution in [0.1, 0.15) is 21.5 Å². The molecule has 0 radical (unpaired) electrons. The maximum Gasteiger partial charge on any atom is 0.186 e. The van der Waals surface area contributed by atoms with E-state index in [4.69, 9.17) is 4.74 Å². The Balaban J connectivity index is 2.19. The van der Waals surface area contributed by atoms with Gasteiger partial charge in [0.15, 0.2) is 17.3 Å². The molecule has 0 bridgehead atoms. The Kier molecular flexibility index (Phi) is 4.31. The van der Waals surface area contributed by atoms with Gasteiger partial charge in [0.2, 0.25) is 0 Å². The Labute approximate surface area is 117 Å². The van der Waals surface area contributed by atoms with Gasteiger partial charge >= 0.3 is 0 Å². The van der Waals surface area contributed by atoms with Crippen LogP contribution in [-0.4, -0.2) is 12.9 Å². The minimum atomic E-state index is -0.446. The molecule has 0 amide bonds. The number of rotatable bonds is 4. The van der Waals surface area contributed by atoms with E-state index in [1.807, 2.05) is 25.1 Å². The molecule has 0 aliphatic carbocycles. The summed E-state index contributed by atoms with van der Waals surface area (Å²) < 4.78 is 18.4. The van der Waals surface area contributed by atoms with Gasteiger partial charge in [-0.1, -0.05) is 36.4 Å². The van der Waals surface area contributed by atoms with E-state index in [1.54, 1.807) is 18.2 Å². The Morgan fingerprint density at radius 1 is 1.20 bits per heavy atom. The lowest BCUT2D eigenvalue weighted by atomic mass is 10.0. The van der Waals surface area contributed by atoms with E-state index < -0.39 is 5.82 Å². The van der Waals surface area contributed by atoms with Crippen molar-refractivity contribution in [3.8, 4) is 5.75 Å². The molecule has 0 spiro atoms. The average molecular weight is 270 g/mol. The van der Waals surface area contributed by atoms with Crippen LogP contribution in [-0.2, 0) is 0 Å². The molecule has 2 rings (SSSR count). The molecule has 2 aromatic carbocycles. The zero-order valence-corrected chi connectivity index (χ0v) is 11.4. The number of carbonyl (C=O) groups is 1. The summed E-state index contributed by atoms with van der Waals surface area (Å²) in [6, 6.07) is 11.9. The van der Waals surface area contributed by atoms with E-state index in [-0.39, 0.29) is 11.5 Å². The van der Waals surface area contributed by atoms with Gasteiger partial charge in [0, 0.05) is 5.56 Å². The lowest BCUT2D eigenvalue weighted by Crippen LogP contribution is -1.97. The summed E-state index contributed by atoms with van der Waals surface area (Å²) >= 11 is 0. The standard InChI is InChI=1S/C17H15FO2/c1-12-5-3-4-6-14(12)16(19)9-7-13-8-10-17(20-2)15(18)11-13/h3-11H,1-2H3/b9-7+. The first-order valence-electron chi connectivity index (χ1n) is 6.23. The molecular weight excluding hydrogens is 255 g/mol. The van der Waals surface area contributed by atoms with E-state index in [9.17, 15) is 9.18 Å². The fourth-order valence-electron chi connectivity index (χ4n) is 1.90. The van der Waals surface area contributed by atoms with E-state index in [0.717, 1.165) is 5.56 Å².